The molecule has 2 aromatic carbocycles. The van der Waals surface area contributed by atoms with Crippen molar-refractivity contribution in [1.29, 1.82) is 0 Å². The van der Waals surface area contributed by atoms with Gasteiger partial charge in [-0.3, -0.25) is 14.2 Å². The largest absolute Gasteiger partial charge is 0.353 e. The zero-order valence-corrected chi connectivity index (χ0v) is 21.1. The topological polar surface area (TPSA) is 64.0 Å². The van der Waals surface area contributed by atoms with Crippen molar-refractivity contribution in [1.82, 2.24) is 14.9 Å². The molecule has 0 radical (unpaired) electrons. The van der Waals surface area contributed by atoms with E-state index in [0.29, 0.717) is 46.1 Å². The molecule has 1 aliphatic rings. The van der Waals surface area contributed by atoms with Gasteiger partial charge in [0.1, 0.15) is 10.5 Å². The first-order valence-corrected chi connectivity index (χ1v) is 14.0. The number of thioether (sulfide) groups is 1. The summed E-state index contributed by atoms with van der Waals surface area (Å²) in [6, 6.07) is 14.8. The van der Waals surface area contributed by atoms with E-state index < -0.39 is 0 Å². The van der Waals surface area contributed by atoms with E-state index in [2.05, 4.69) is 5.32 Å². The Bertz CT molecular complexity index is 1410. The highest BCUT2D eigenvalue weighted by Crippen LogP contribution is 2.32. The van der Waals surface area contributed by atoms with Crippen LogP contribution >= 0.6 is 23.1 Å². The number of aromatic nitrogens is 2. The third kappa shape index (κ3) is 5.43. The van der Waals surface area contributed by atoms with Gasteiger partial charge in [-0.1, -0.05) is 67.4 Å². The Hall–Kier alpha value is -2.71. The number of rotatable bonds is 8. The molecule has 2 heterocycles. The summed E-state index contributed by atoms with van der Waals surface area (Å²) in [4.78, 5) is 30.9. The summed E-state index contributed by atoms with van der Waals surface area (Å²) in [5.74, 6) is 0.145. The van der Waals surface area contributed by atoms with Crippen LogP contribution in [0, 0.1) is 5.82 Å². The fraction of sp³-hybridized carbons (Fsp3) is 0.370. The third-order valence-corrected chi connectivity index (χ3v) is 8.69. The average Bonchev–Trinajstić information content (AvgIpc) is 3.25. The molecular weight excluding hydrogens is 481 g/mol. The third-order valence-electron chi connectivity index (χ3n) is 6.52. The molecule has 1 saturated carbocycles. The fourth-order valence-corrected chi connectivity index (χ4v) is 6.76. The number of hydrogen-bond donors (Lipinski definition) is 1. The normalized spacial score (nSPS) is 14.5. The SMILES string of the molecule is O=C(CCCn1c(SCc2ccccc2F)nc2c(sc3ccccc32)c1=O)NC1CCCCC1. The number of carbonyl (C=O) groups is 1. The number of amides is 1. The minimum Gasteiger partial charge on any atom is -0.353 e. The van der Waals surface area contributed by atoms with Crippen LogP contribution in [0.2, 0.25) is 0 Å². The maximum Gasteiger partial charge on any atom is 0.272 e. The van der Waals surface area contributed by atoms with Crippen LogP contribution in [0.15, 0.2) is 58.5 Å². The molecule has 1 N–H and O–H groups in total. The van der Waals surface area contributed by atoms with Crippen molar-refractivity contribution in [3.05, 3.63) is 70.3 Å². The molecule has 0 unspecified atom stereocenters. The second-order valence-corrected chi connectivity index (χ2v) is 11.0. The van der Waals surface area contributed by atoms with Crippen LogP contribution < -0.4 is 10.9 Å². The Kier molecular flexibility index (Phi) is 7.48. The quantitative estimate of drug-likeness (QED) is 0.225. The van der Waals surface area contributed by atoms with Crippen LogP contribution in [0.4, 0.5) is 4.39 Å². The van der Waals surface area contributed by atoms with Crippen LogP contribution in [-0.4, -0.2) is 21.5 Å². The number of nitrogens with one attached hydrogen (secondary N) is 1. The Morgan fingerprint density at radius 3 is 2.71 bits per heavy atom. The molecule has 1 aliphatic carbocycles. The van der Waals surface area contributed by atoms with Gasteiger partial charge >= 0.3 is 0 Å². The van der Waals surface area contributed by atoms with Crippen LogP contribution in [0.25, 0.3) is 20.3 Å². The molecule has 4 aromatic rings. The first-order valence-electron chi connectivity index (χ1n) is 12.2. The van der Waals surface area contributed by atoms with E-state index in [4.69, 9.17) is 4.98 Å². The average molecular weight is 510 g/mol. The number of benzene rings is 2. The van der Waals surface area contributed by atoms with Gasteiger partial charge in [0.2, 0.25) is 5.91 Å². The van der Waals surface area contributed by atoms with Gasteiger partial charge in [0.25, 0.3) is 5.56 Å². The van der Waals surface area contributed by atoms with Gasteiger partial charge in [0, 0.05) is 34.8 Å². The lowest BCUT2D eigenvalue weighted by Crippen LogP contribution is -2.36. The van der Waals surface area contributed by atoms with E-state index in [1.54, 1.807) is 22.8 Å². The van der Waals surface area contributed by atoms with Crippen molar-refractivity contribution in [3.8, 4) is 0 Å². The summed E-state index contributed by atoms with van der Waals surface area (Å²) < 4.78 is 17.5. The number of hydrogen-bond acceptors (Lipinski definition) is 5. The van der Waals surface area contributed by atoms with Crippen molar-refractivity contribution in [2.45, 2.75) is 68.4 Å². The summed E-state index contributed by atoms with van der Waals surface area (Å²) in [5.41, 5.74) is 1.17. The molecule has 0 atom stereocenters. The monoisotopic (exact) mass is 509 g/mol. The molecule has 35 heavy (non-hydrogen) atoms. The van der Waals surface area contributed by atoms with Gasteiger partial charge in [-0.25, -0.2) is 9.37 Å². The van der Waals surface area contributed by atoms with Gasteiger partial charge in [0.05, 0.1) is 5.52 Å². The summed E-state index contributed by atoms with van der Waals surface area (Å²) in [6.07, 6.45) is 6.60. The minimum absolute atomic E-state index is 0.0430. The number of carbonyl (C=O) groups excluding carboxylic acids is 1. The molecule has 1 amide bonds. The van der Waals surface area contributed by atoms with Crippen molar-refractivity contribution in [2.24, 2.45) is 0 Å². The van der Waals surface area contributed by atoms with Gasteiger partial charge in [-0.05, 0) is 37.0 Å². The van der Waals surface area contributed by atoms with Gasteiger partial charge in [0.15, 0.2) is 5.16 Å². The summed E-state index contributed by atoms with van der Waals surface area (Å²) >= 11 is 2.81. The van der Waals surface area contributed by atoms with E-state index in [1.807, 2.05) is 24.3 Å². The zero-order valence-electron chi connectivity index (χ0n) is 19.5. The van der Waals surface area contributed by atoms with Crippen LogP contribution in [0.3, 0.4) is 0 Å². The highest BCUT2D eigenvalue weighted by molar-refractivity contribution is 7.98. The van der Waals surface area contributed by atoms with E-state index in [9.17, 15) is 14.0 Å². The van der Waals surface area contributed by atoms with Gasteiger partial charge < -0.3 is 5.32 Å². The first-order chi connectivity index (χ1) is 17.1. The minimum atomic E-state index is -0.268. The van der Waals surface area contributed by atoms with E-state index in [1.165, 1.54) is 48.4 Å². The molecule has 2 aromatic heterocycles. The second kappa shape index (κ2) is 10.9. The molecule has 0 aliphatic heterocycles. The Morgan fingerprint density at radius 1 is 1.11 bits per heavy atom. The molecule has 0 saturated heterocycles. The molecule has 5 rings (SSSR count). The Balaban J connectivity index is 1.39. The lowest BCUT2D eigenvalue weighted by molar-refractivity contribution is -0.122. The molecule has 182 valence electrons. The number of nitrogens with zero attached hydrogens (tertiary/aromatic N) is 2. The van der Waals surface area contributed by atoms with Crippen molar-refractivity contribution < 1.29 is 9.18 Å². The summed E-state index contributed by atoms with van der Waals surface area (Å²) in [5, 5.41) is 4.66. The summed E-state index contributed by atoms with van der Waals surface area (Å²) in [7, 11) is 0. The van der Waals surface area contributed by atoms with Crippen LogP contribution in [0.5, 0.6) is 0 Å². The Morgan fingerprint density at radius 2 is 1.89 bits per heavy atom. The van der Waals surface area contributed by atoms with Gasteiger partial charge in [-0.15, -0.1) is 11.3 Å². The Labute approximate surface area is 211 Å². The van der Waals surface area contributed by atoms with E-state index in [0.717, 1.165) is 22.9 Å². The van der Waals surface area contributed by atoms with Crippen LogP contribution in [-0.2, 0) is 17.1 Å². The fourth-order valence-electron chi connectivity index (χ4n) is 4.66. The smallest absolute Gasteiger partial charge is 0.272 e. The van der Waals surface area contributed by atoms with Crippen molar-refractivity contribution in [2.75, 3.05) is 0 Å². The van der Waals surface area contributed by atoms with E-state index in [-0.39, 0.29) is 23.3 Å². The molecule has 0 spiro atoms. The lowest BCUT2D eigenvalue weighted by Gasteiger charge is -2.22. The highest BCUT2D eigenvalue weighted by atomic mass is 32.2. The van der Waals surface area contributed by atoms with Gasteiger partial charge in [-0.2, -0.15) is 0 Å². The van der Waals surface area contributed by atoms with E-state index >= 15 is 0 Å². The standard InChI is InChI=1S/C27H28FN3O2S2/c28-21-13-6-4-9-18(21)17-34-27-30-24-20-12-5-7-14-22(20)35-25(24)26(33)31(27)16-8-15-23(32)29-19-10-2-1-3-11-19/h4-7,9,12-14,19H,1-3,8,10-11,15-17H2,(H,29,32). The highest BCUT2D eigenvalue weighted by Gasteiger charge is 2.18. The zero-order chi connectivity index (χ0) is 24.2. The number of thiophene rings is 1. The molecule has 5 nitrogen and oxygen atoms in total. The van der Waals surface area contributed by atoms with Crippen molar-refractivity contribution in [3.63, 3.8) is 0 Å². The molecule has 0 bridgehead atoms. The number of halogens is 1. The maximum absolute atomic E-state index is 14.2. The number of fused-ring (bicyclic) bond motifs is 3. The molecule has 8 heteroatoms. The molecule has 1 fully saturated rings. The molecular formula is C27H28FN3O2S2. The predicted molar refractivity (Wildman–Crippen MR) is 142 cm³/mol. The van der Waals surface area contributed by atoms with Crippen molar-refractivity contribution >= 4 is 49.3 Å². The van der Waals surface area contributed by atoms with Crippen LogP contribution in [0.1, 0.15) is 50.5 Å². The summed E-state index contributed by atoms with van der Waals surface area (Å²) in [6.45, 7) is 0.397. The second-order valence-electron chi connectivity index (χ2n) is 9.01. The predicted octanol–water partition coefficient (Wildman–Crippen LogP) is 6.27. The first kappa shape index (κ1) is 24.0. The maximum atomic E-state index is 14.2. The lowest BCUT2D eigenvalue weighted by atomic mass is 9.95.